The number of hydrogen-bond acceptors (Lipinski definition) is 4. The molecule has 0 saturated carbocycles. The van der Waals surface area contributed by atoms with Gasteiger partial charge in [0.15, 0.2) is 0 Å². The lowest BCUT2D eigenvalue weighted by Gasteiger charge is -2.30. The van der Waals surface area contributed by atoms with Crippen LogP contribution in [0.4, 0.5) is 4.39 Å². The number of morpholine rings is 1. The van der Waals surface area contributed by atoms with Gasteiger partial charge < -0.3 is 4.74 Å². The molecule has 0 amide bonds. The second kappa shape index (κ2) is 5.54. The van der Waals surface area contributed by atoms with E-state index in [9.17, 15) is 12.8 Å². The van der Waals surface area contributed by atoms with Crippen molar-refractivity contribution in [3.8, 4) is 6.07 Å². The molecule has 5 nitrogen and oxygen atoms in total. The zero-order valence-electron chi connectivity index (χ0n) is 9.71. The second-order valence-electron chi connectivity index (χ2n) is 3.91. The fraction of sp³-hybridized carbons (Fsp3) is 0.364. The van der Waals surface area contributed by atoms with Crippen molar-refractivity contribution in [2.75, 3.05) is 19.8 Å². The molecule has 8 heteroatoms. The van der Waals surface area contributed by atoms with Crippen LogP contribution in [-0.4, -0.2) is 38.5 Å². The van der Waals surface area contributed by atoms with Crippen molar-refractivity contribution >= 4 is 26.0 Å². The van der Waals surface area contributed by atoms with Gasteiger partial charge in [-0.1, -0.05) is 0 Å². The molecule has 1 aliphatic rings. The molecule has 0 N–H and O–H groups in total. The first-order valence-electron chi connectivity index (χ1n) is 5.41. The summed E-state index contributed by atoms with van der Waals surface area (Å²) in [6.45, 7) is 0.382. The van der Waals surface area contributed by atoms with Gasteiger partial charge in [-0.25, -0.2) is 12.8 Å². The summed E-state index contributed by atoms with van der Waals surface area (Å²) in [5.74, 6) is -0.544. The molecule has 0 radical (unpaired) electrons. The van der Waals surface area contributed by atoms with Gasteiger partial charge in [0.1, 0.15) is 11.9 Å². The van der Waals surface area contributed by atoms with E-state index in [4.69, 9.17) is 10.00 Å². The minimum absolute atomic E-state index is 0.0398. The van der Waals surface area contributed by atoms with Gasteiger partial charge in [-0.05, 0) is 34.1 Å². The van der Waals surface area contributed by atoms with Crippen molar-refractivity contribution < 1.29 is 17.5 Å². The summed E-state index contributed by atoms with van der Waals surface area (Å²) in [5.41, 5.74) is 0. The molecule has 0 unspecified atom stereocenters. The molecule has 1 fully saturated rings. The molecule has 2 rings (SSSR count). The molecule has 1 aromatic carbocycles. The molecule has 0 spiro atoms. The summed E-state index contributed by atoms with van der Waals surface area (Å²) < 4.78 is 44.2. The van der Waals surface area contributed by atoms with Crippen LogP contribution in [0.2, 0.25) is 0 Å². The predicted octanol–water partition coefficient (Wildman–Crippen LogP) is 1.50. The SMILES string of the molecule is N#C[C@H]1COCCN1S(=O)(=O)c1ccc(F)c(Br)c1. The van der Waals surface area contributed by atoms with Crippen LogP contribution in [0.3, 0.4) is 0 Å². The average Bonchev–Trinajstić information content (AvgIpc) is 2.41. The first-order valence-corrected chi connectivity index (χ1v) is 7.64. The first-order chi connectivity index (χ1) is 8.96. The van der Waals surface area contributed by atoms with E-state index in [1.807, 2.05) is 6.07 Å². The minimum Gasteiger partial charge on any atom is -0.377 e. The number of hydrogen-bond donors (Lipinski definition) is 0. The summed E-state index contributed by atoms with van der Waals surface area (Å²) in [5, 5.41) is 8.97. The van der Waals surface area contributed by atoms with Gasteiger partial charge in [-0.3, -0.25) is 0 Å². The van der Waals surface area contributed by atoms with Crippen molar-refractivity contribution in [2.45, 2.75) is 10.9 Å². The smallest absolute Gasteiger partial charge is 0.244 e. The summed E-state index contributed by atoms with van der Waals surface area (Å²) in [6.07, 6.45) is 0. The standard InChI is InChI=1S/C11H10BrFN2O3S/c12-10-5-9(1-2-11(10)13)19(16,17)15-3-4-18-7-8(15)6-14/h1-2,5,8H,3-4,7H2/t8-/m0/s1. The molecular formula is C11H10BrFN2O3S. The average molecular weight is 349 g/mol. The number of nitriles is 1. The molecule has 1 heterocycles. The Kier molecular flexibility index (Phi) is 4.20. The molecule has 1 atom stereocenters. The number of rotatable bonds is 2. The van der Waals surface area contributed by atoms with E-state index >= 15 is 0 Å². The Morgan fingerprint density at radius 1 is 1.53 bits per heavy atom. The van der Waals surface area contributed by atoms with Crippen molar-refractivity contribution in [1.82, 2.24) is 4.31 Å². The molecule has 0 aromatic heterocycles. The lowest BCUT2D eigenvalue weighted by Crippen LogP contribution is -2.47. The van der Waals surface area contributed by atoms with Crippen LogP contribution < -0.4 is 0 Å². The molecule has 1 saturated heterocycles. The van der Waals surface area contributed by atoms with Crippen LogP contribution >= 0.6 is 15.9 Å². The summed E-state index contributed by atoms with van der Waals surface area (Å²) >= 11 is 2.95. The Morgan fingerprint density at radius 3 is 2.89 bits per heavy atom. The van der Waals surface area contributed by atoms with Gasteiger partial charge >= 0.3 is 0 Å². The topological polar surface area (TPSA) is 70.4 Å². The van der Waals surface area contributed by atoms with Gasteiger partial charge in [0.2, 0.25) is 10.0 Å². The fourth-order valence-electron chi connectivity index (χ4n) is 1.75. The van der Waals surface area contributed by atoms with E-state index in [1.165, 1.54) is 12.1 Å². The lowest BCUT2D eigenvalue weighted by atomic mass is 10.3. The summed E-state index contributed by atoms with van der Waals surface area (Å²) in [6, 6.07) is 4.47. The number of ether oxygens (including phenoxy) is 1. The highest BCUT2D eigenvalue weighted by Crippen LogP contribution is 2.24. The van der Waals surface area contributed by atoms with E-state index < -0.39 is 21.9 Å². The predicted molar refractivity (Wildman–Crippen MR) is 68.2 cm³/mol. The number of benzene rings is 1. The third-order valence-corrected chi connectivity index (χ3v) is 5.24. The van der Waals surface area contributed by atoms with E-state index in [1.54, 1.807) is 0 Å². The maximum absolute atomic E-state index is 13.1. The van der Waals surface area contributed by atoms with Crippen molar-refractivity contribution in [3.05, 3.63) is 28.5 Å². The van der Waals surface area contributed by atoms with Gasteiger partial charge in [-0.15, -0.1) is 0 Å². The van der Waals surface area contributed by atoms with Crippen LogP contribution in [0, 0.1) is 17.1 Å². The molecule has 0 bridgehead atoms. The van der Waals surface area contributed by atoms with Crippen LogP contribution in [0.5, 0.6) is 0 Å². The normalized spacial score (nSPS) is 21.0. The van der Waals surface area contributed by atoms with Gasteiger partial charge in [0, 0.05) is 6.54 Å². The van der Waals surface area contributed by atoms with E-state index in [0.717, 1.165) is 10.4 Å². The molecule has 1 aromatic rings. The Labute approximate surface area is 118 Å². The van der Waals surface area contributed by atoms with E-state index in [2.05, 4.69) is 15.9 Å². The lowest BCUT2D eigenvalue weighted by molar-refractivity contribution is 0.0511. The van der Waals surface area contributed by atoms with Crippen LogP contribution in [0.25, 0.3) is 0 Å². The van der Waals surface area contributed by atoms with Gasteiger partial charge in [-0.2, -0.15) is 9.57 Å². The van der Waals surface area contributed by atoms with Gasteiger partial charge in [0.25, 0.3) is 0 Å². The maximum Gasteiger partial charge on any atom is 0.244 e. The molecule has 1 aliphatic heterocycles. The third kappa shape index (κ3) is 2.79. The molecule has 102 valence electrons. The van der Waals surface area contributed by atoms with E-state index in [-0.39, 0.29) is 29.1 Å². The van der Waals surface area contributed by atoms with Gasteiger partial charge in [0.05, 0.1) is 28.7 Å². The fourth-order valence-corrected chi connectivity index (χ4v) is 3.82. The van der Waals surface area contributed by atoms with Crippen molar-refractivity contribution in [3.63, 3.8) is 0 Å². The first kappa shape index (κ1) is 14.4. The largest absolute Gasteiger partial charge is 0.377 e. The summed E-state index contributed by atoms with van der Waals surface area (Å²) in [7, 11) is -3.83. The highest BCUT2D eigenvalue weighted by molar-refractivity contribution is 9.10. The molecule has 0 aliphatic carbocycles. The Bertz CT molecular complexity index is 629. The van der Waals surface area contributed by atoms with Crippen molar-refractivity contribution in [1.29, 1.82) is 5.26 Å². The highest BCUT2D eigenvalue weighted by atomic mass is 79.9. The molecular weight excluding hydrogens is 339 g/mol. The quantitative estimate of drug-likeness (QED) is 0.811. The highest BCUT2D eigenvalue weighted by Gasteiger charge is 2.34. The third-order valence-electron chi connectivity index (χ3n) is 2.73. The van der Waals surface area contributed by atoms with Crippen molar-refractivity contribution in [2.24, 2.45) is 0 Å². The Hall–Kier alpha value is -1.01. The Balaban J connectivity index is 2.41. The zero-order chi connectivity index (χ0) is 14.0. The number of nitrogens with zero attached hydrogens (tertiary/aromatic N) is 2. The van der Waals surface area contributed by atoms with Crippen LogP contribution in [0.1, 0.15) is 0 Å². The number of sulfonamides is 1. The monoisotopic (exact) mass is 348 g/mol. The molecule has 19 heavy (non-hydrogen) atoms. The minimum atomic E-state index is -3.83. The van der Waals surface area contributed by atoms with Crippen LogP contribution in [-0.2, 0) is 14.8 Å². The Morgan fingerprint density at radius 2 is 2.26 bits per heavy atom. The second-order valence-corrected chi connectivity index (χ2v) is 6.66. The number of halogens is 2. The summed E-state index contributed by atoms with van der Waals surface area (Å²) in [4.78, 5) is -0.0528. The van der Waals surface area contributed by atoms with E-state index in [0.29, 0.717) is 0 Å². The van der Waals surface area contributed by atoms with Crippen LogP contribution in [0.15, 0.2) is 27.6 Å². The zero-order valence-corrected chi connectivity index (χ0v) is 12.1. The maximum atomic E-state index is 13.1.